The third kappa shape index (κ3) is 4.80. The lowest BCUT2D eigenvalue weighted by Crippen LogP contribution is -2.49. The van der Waals surface area contributed by atoms with Gasteiger partial charge in [-0.25, -0.2) is 0 Å². The van der Waals surface area contributed by atoms with Crippen molar-refractivity contribution in [1.29, 1.82) is 0 Å². The number of aryl methyl sites for hydroxylation is 1. The van der Waals surface area contributed by atoms with Gasteiger partial charge in [0.1, 0.15) is 0 Å². The van der Waals surface area contributed by atoms with Crippen molar-refractivity contribution in [3.63, 3.8) is 0 Å². The zero-order valence-electron chi connectivity index (χ0n) is 20.4. The zero-order chi connectivity index (χ0) is 24.4. The number of hydrogen-bond acceptors (Lipinski definition) is 4. The zero-order valence-corrected chi connectivity index (χ0v) is 21.2. The van der Waals surface area contributed by atoms with Crippen molar-refractivity contribution in [1.82, 2.24) is 4.90 Å². The molecule has 0 unspecified atom stereocenters. The van der Waals surface area contributed by atoms with Crippen LogP contribution in [0.1, 0.15) is 27.0 Å². The number of hydrogen-bond donors (Lipinski definition) is 0. The smallest absolute Gasteiger partial charge is 0.255 e. The molecule has 0 N–H and O–H groups in total. The average Bonchev–Trinajstić information content (AvgIpc) is 3.33. The Hall–Kier alpha value is -3.25. The van der Waals surface area contributed by atoms with Gasteiger partial charge in [-0.3, -0.25) is 9.59 Å². The Balaban J connectivity index is 1.23. The highest BCUT2D eigenvalue weighted by atomic mass is 32.2. The van der Waals surface area contributed by atoms with Crippen molar-refractivity contribution in [2.24, 2.45) is 0 Å². The van der Waals surface area contributed by atoms with E-state index in [4.69, 9.17) is 0 Å². The van der Waals surface area contributed by atoms with Crippen molar-refractivity contribution in [3.05, 3.63) is 89.0 Å². The molecule has 3 aromatic rings. The van der Waals surface area contributed by atoms with Crippen LogP contribution in [0.4, 0.5) is 11.4 Å². The topological polar surface area (TPSA) is 43.9 Å². The van der Waals surface area contributed by atoms with Gasteiger partial charge < -0.3 is 14.7 Å². The molecule has 0 aliphatic carbocycles. The minimum Gasteiger partial charge on any atom is -0.368 e. The Morgan fingerprint density at radius 2 is 1.51 bits per heavy atom. The first-order chi connectivity index (χ1) is 17.0. The van der Waals surface area contributed by atoms with Gasteiger partial charge in [-0.15, -0.1) is 11.8 Å². The summed E-state index contributed by atoms with van der Waals surface area (Å²) in [5.41, 5.74) is 6.78. The lowest BCUT2D eigenvalue weighted by atomic mass is 10.1. The Kier molecular flexibility index (Phi) is 6.82. The summed E-state index contributed by atoms with van der Waals surface area (Å²) in [7, 11) is 0. The van der Waals surface area contributed by atoms with Crippen molar-refractivity contribution in [2.45, 2.75) is 25.2 Å². The van der Waals surface area contributed by atoms with Crippen LogP contribution in [-0.4, -0.2) is 55.2 Å². The van der Waals surface area contributed by atoms with Crippen molar-refractivity contribution in [3.8, 4) is 0 Å². The van der Waals surface area contributed by atoms with E-state index in [0.29, 0.717) is 24.4 Å². The van der Waals surface area contributed by atoms with E-state index in [2.05, 4.69) is 43.0 Å². The molecule has 1 fully saturated rings. The normalized spacial score (nSPS) is 15.3. The maximum atomic E-state index is 13.4. The van der Waals surface area contributed by atoms with Crippen LogP contribution >= 0.6 is 11.8 Å². The number of nitrogens with zero attached hydrogens (tertiary/aromatic N) is 3. The summed E-state index contributed by atoms with van der Waals surface area (Å²) < 4.78 is 0. The van der Waals surface area contributed by atoms with E-state index in [1.54, 1.807) is 0 Å². The van der Waals surface area contributed by atoms with E-state index >= 15 is 0 Å². The Morgan fingerprint density at radius 1 is 0.800 bits per heavy atom. The molecular weight excluding hydrogens is 454 g/mol. The molecule has 1 saturated heterocycles. The maximum Gasteiger partial charge on any atom is 0.255 e. The standard InChI is InChI=1S/C29H31N3O2S/c1-21-8-7-12-25(22(21)2)30-16-18-31(19-17-30)29(34)24-10-4-6-13-27(24)35-20-28(33)32-15-14-23-9-3-5-11-26(23)32/h3-13H,14-20H2,1-2H3. The largest absolute Gasteiger partial charge is 0.368 e. The van der Waals surface area contributed by atoms with Gasteiger partial charge in [0.25, 0.3) is 5.91 Å². The second-order valence-corrected chi connectivity index (χ2v) is 10.2. The molecule has 0 saturated carbocycles. The minimum atomic E-state index is 0.0488. The van der Waals surface area contributed by atoms with Crippen molar-refractivity contribution >= 4 is 35.0 Å². The lowest BCUT2D eigenvalue weighted by molar-refractivity contribution is -0.116. The molecule has 0 atom stereocenters. The van der Waals surface area contributed by atoms with Crippen LogP contribution in [0, 0.1) is 13.8 Å². The summed E-state index contributed by atoms with van der Waals surface area (Å²) in [6.45, 7) is 8.04. The van der Waals surface area contributed by atoms with Crippen LogP contribution in [0.25, 0.3) is 0 Å². The number of thioether (sulfide) groups is 1. The van der Waals surface area contributed by atoms with Gasteiger partial charge in [-0.1, -0.05) is 42.5 Å². The fourth-order valence-corrected chi connectivity index (χ4v) is 5.90. The highest BCUT2D eigenvalue weighted by molar-refractivity contribution is 8.00. The Bertz CT molecular complexity index is 1250. The summed E-state index contributed by atoms with van der Waals surface area (Å²) in [5, 5.41) is 0. The highest BCUT2D eigenvalue weighted by Gasteiger charge is 2.27. The molecule has 6 heteroatoms. The molecule has 180 valence electrons. The molecule has 5 rings (SSSR count). The molecule has 0 spiro atoms. The van der Waals surface area contributed by atoms with Gasteiger partial charge in [0.05, 0.1) is 11.3 Å². The first kappa shape index (κ1) is 23.5. The van der Waals surface area contributed by atoms with E-state index < -0.39 is 0 Å². The van der Waals surface area contributed by atoms with Gasteiger partial charge in [-0.2, -0.15) is 0 Å². The van der Waals surface area contributed by atoms with E-state index in [-0.39, 0.29) is 11.8 Å². The molecular formula is C29H31N3O2S. The molecule has 35 heavy (non-hydrogen) atoms. The van der Waals surface area contributed by atoms with E-state index in [1.165, 1.54) is 34.1 Å². The predicted octanol–water partition coefficient (Wildman–Crippen LogP) is 4.95. The number of carbonyl (C=O) groups excluding carboxylic acids is 2. The first-order valence-electron chi connectivity index (χ1n) is 12.2. The minimum absolute atomic E-state index is 0.0488. The Labute approximate surface area is 211 Å². The Morgan fingerprint density at radius 3 is 2.34 bits per heavy atom. The number of anilines is 2. The maximum absolute atomic E-state index is 13.4. The average molecular weight is 486 g/mol. The fraction of sp³-hybridized carbons (Fsp3) is 0.310. The molecule has 2 aliphatic heterocycles. The van der Waals surface area contributed by atoms with Gasteiger partial charge >= 0.3 is 0 Å². The summed E-state index contributed by atoms with van der Waals surface area (Å²) in [5.74, 6) is 0.455. The van der Waals surface area contributed by atoms with Crippen molar-refractivity contribution in [2.75, 3.05) is 48.3 Å². The van der Waals surface area contributed by atoms with Crippen LogP contribution in [-0.2, 0) is 11.2 Å². The molecule has 2 aliphatic rings. The SMILES string of the molecule is Cc1cccc(N2CCN(C(=O)c3ccccc3SCC(=O)N3CCc4ccccc43)CC2)c1C. The number of fused-ring (bicyclic) bond motifs is 1. The van der Waals surface area contributed by atoms with Gasteiger partial charge in [0, 0.05) is 49.0 Å². The number of amides is 2. The van der Waals surface area contributed by atoms with Gasteiger partial charge in [0.15, 0.2) is 0 Å². The number of rotatable bonds is 5. The second kappa shape index (κ2) is 10.2. The summed E-state index contributed by atoms with van der Waals surface area (Å²) in [6.07, 6.45) is 0.899. The predicted molar refractivity (Wildman–Crippen MR) is 144 cm³/mol. The van der Waals surface area contributed by atoms with Gasteiger partial charge in [-0.05, 0) is 61.2 Å². The second-order valence-electron chi connectivity index (χ2n) is 9.21. The molecule has 3 aromatic carbocycles. The third-order valence-electron chi connectivity index (χ3n) is 7.14. The summed E-state index contributed by atoms with van der Waals surface area (Å²) in [4.78, 5) is 33.5. The van der Waals surface area contributed by atoms with Crippen molar-refractivity contribution < 1.29 is 9.59 Å². The monoisotopic (exact) mass is 485 g/mol. The van der Waals surface area contributed by atoms with Crippen LogP contribution < -0.4 is 9.80 Å². The first-order valence-corrected chi connectivity index (χ1v) is 13.2. The number of carbonyl (C=O) groups is 2. The lowest BCUT2D eigenvalue weighted by Gasteiger charge is -2.37. The number of para-hydroxylation sites is 1. The molecule has 0 bridgehead atoms. The third-order valence-corrected chi connectivity index (χ3v) is 8.20. The van der Waals surface area contributed by atoms with E-state index in [0.717, 1.165) is 36.6 Å². The number of piperazine rings is 1. The van der Waals surface area contributed by atoms with Crippen LogP contribution in [0.2, 0.25) is 0 Å². The van der Waals surface area contributed by atoms with Crippen LogP contribution in [0.3, 0.4) is 0 Å². The van der Waals surface area contributed by atoms with E-state index in [1.807, 2.05) is 52.3 Å². The highest BCUT2D eigenvalue weighted by Crippen LogP contribution is 2.30. The fourth-order valence-electron chi connectivity index (χ4n) is 4.98. The molecule has 2 heterocycles. The van der Waals surface area contributed by atoms with E-state index in [9.17, 15) is 9.59 Å². The molecule has 5 nitrogen and oxygen atoms in total. The summed E-state index contributed by atoms with van der Waals surface area (Å²) >= 11 is 1.46. The van der Waals surface area contributed by atoms with Crippen LogP contribution in [0.15, 0.2) is 71.6 Å². The summed E-state index contributed by atoms with van der Waals surface area (Å²) in [6, 6.07) is 22.2. The molecule has 0 radical (unpaired) electrons. The quantitative estimate of drug-likeness (QED) is 0.480. The number of benzene rings is 3. The van der Waals surface area contributed by atoms with Gasteiger partial charge in [0.2, 0.25) is 5.91 Å². The molecule has 0 aromatic heterocycles. The van der Waals surface area contributed by atoms with Crippen LogP contribution in [0.5, 0.6) is 0 Å². The molecule has 2 amide bonds.